The number of hydrogen-bond donors (Lipinski definition) is 1. The van der Waals surface area contributed by atoms with Crippen molar-refractivity contribution in [3.63, 3.8) is 0 Å². The Hall–Kier alpha value is -2.40. The highest BCUT2D eigenvalue weighted by molar-refractivity contribution is 7.89. The van der Waals surface area contributed by atoms with Gasteiger partial charge in [0, 0.05) is 12.1 Å². The first-order valence-electron chi connectivity index (χ1n) is 6.16. The number of nitriles is 1. The van der Waals surface area contributed by atoms with Crippen molar-refractivity contribution in [2.24, 2.45) is 0 Å². The Morgan fingerprint density at radius 2 is 2.19 bits per heavy atom. The molecule has 110 valence electrons. The fraction of sp³-hybridized carbons (Fsp3) is 0.308. The highest BCUT2D eigenvalue weighted by Crippen LogP contribution is 2.23. The third kappa shape index (κ3) is 3.20. The van der Waals surface area contributed by atoms with Gasteiger partial charge < -0.3 is 5.32 Å². The lowest BCUT2D eigenvalue weighted by Crippen LogP contribution is -2.44. The van der Waals surface area contributed by atoms with Gasteiger partial charge in [-0.05, 0) is 24.6 Å². The zero-order chi connectivity index (χ0) is 15.6. The van der Waals surface area contributed by atoms with Crippen molar-refractivity contribution in [1.29, 1.82) is 5.26 Å². The Balaban J connectivity index is 2.20. The molecule has 1 fully saturated rings. The minimum atomic E-state index is -3.78. The number of carbonyl (C=O) groups is 2. The van der Waals surface area contributed by atoms with Crippen LogP contribution in [0.25, 0.3) is 0 Å². The maximum atomic E-state index is 12.2. The van der Waals surface area contributed by atoms with Crippen molar-refractivity contribution in [3.8, 4) is 6.07 Å². The largest absolute Gasteiger partial charge is 0.324 e. The van der Waals surface area contributed by atoms with E-state index in [1.165, 1.54) is 6.07 Å². The number of hydrogen-bond acceptors (Lipinski definition) is 5. The molecular weight excluding hydrogens is 294 g/mol. The van der Waals surface area contributed by atoms with Gasteiger partial charge in [-0.25, -0.2) is 12.7 Å². The van der Waals surface area contributed by atoms with Crippen LogP contribution in [0, 0.1) is 11.3 Å². The van der Waals surface area contributed by atoms with E-state index in [0.717, 1.165) is 6.26 Å². The van der Waals surface area contributed by atoms with E-state index < -0.39 is 27.9 Å². The van der Waals surface area contributed by atoms with Gasteiger partial charge in [-0.3, -0.25) is 9.59 Å². The second-order valence-corrected chi connectivity index (χ2v) is 6.55. The van der Waals surface area contributed by atoms with E-state index in [2.05, 4.69) is 5.32 Å². The quantitative estimate of drug-likeness (QED) is 0.872. The van der Waals surface area contributed by atoms with Crippen molar-refractivity contribution in [3.05, 3.63) is 29.8 Å². The van der Waals surface area contributed by atoms with Crippen LogP contribution in [0.2, 0.25) is 0 Å². The van der Waals surface area contributed by atoms with Gasteiger partial charge in [-0.15, -0.1) is 0 Å². The fourth-order valence-electron chi connectivity index (χ4n) is 2.21. The van der Waals surface area contributed by atoms with E-state index in [-0.39, 0.29) is 12.8 Å². The lowest BCUT2D eigenvalue weighted by Gasteiger charge is -2.21. The molecule has 1 aromatic rings. The summed E-state index contributed by atoms with van der Waals surface area (Å²) < 4.78 is 23.8. The van der Waals surface area contributed by atoms with Crippen LogP contribution < -0.4 is 5.32 Å². The second-order valence-electron chi connectivity index (χ2n) is 4.69. The maximum Gasteiger partial charge on any atom is 0.248 e. The number of sulfonamides is 1. The van der Waals surface area contributed by atoms with E-state index in [1.54, 1.807) is 18.2 Å². The zero-order valence-corrected chi connectivity index (χ0v) is 12.1. The summed E-state index contributed by atoms with van der Waals surface area (Å²) in [6.45, 7) is 0. The molecule has 0 bridgehead atoms. The van der Waals surface area contributed by atoms with Gasteiger partial charge in [-0.2, -0.15) is 5.26 Å². The summed E-state index contributed by atoms with van der Waals surface area (Å²) in [5.41, 5.74) is 0.752. The average molecular weight is 307 g/mol. The number of amides is 2. The highest BCUT2D eigenvalue weighted by Gasteiger charge is 2.41. The molecule has 1 N–H and O–H groups in total. The lowest BCUT2D eigenvalue weighted by atomic mass is 10.2. The van der Waals surface area contributed by atoms with Gasteiger partial charge in [0.2, 0.25) is 21.8 Å². The lowest BCUT2D eigenvalue weighted by molar-refractivity contribution is -0.128. The molecule has 7 nitrogen and oxygen atoms in total. The SMILES string of the molecule is CS(=O)(=O)N1C(=O)CCC1C(=O)Nc1cccc(C#N)c1. The molecule has 0 aliphatic carbocycles. The first-order valence-corrected chi connectivity index (χ1v) is 8.01. The average Bonchev–Trinajstić information content (AvgIpc) is 2.81. The molecular formula is C13H13N3O4S. The van der Waals surface area contributed by atoms with Crippen LogP contribution in [0.15, 0.2) is 24.3 Å². The summed E-state index contributed by atoms with van der Waals surface area (Å²) in [6.07, 6.45) is 1.06. The first-order chi connectivity index (χ1) is 9.82. The molecule has 0 aromatic heterocycles. The molecule has 21 heavy (non-hydrogen) atoms. The van der Waals surface area contributed by atoms with Crippen molar-refractivity contribution in [2.75, 3.05) is 11.6 Å². The van der Waals surface area contributed by atoms with Gasteiger partial charge in [0.05, 0.1) is 17.9 Å². The van der Waals surface area contributed by atoms with Gasteiger partial charge >= 0.3 is 0 Å². The zero-order valence-electron chi connectivity index (χ0n) is 11.2. The molecule has 1 aromatic carbocycles. The second kappa shape index (κ2) is 5.54. The Morgan fingerprint density at radius 3 is 2.81 bits per heavy atom. The van der Waals surface area contributed by atoms with Crippen molar-refractivity contribution < 1.29 is 18.0 Å². The maximum absolute atomic E-state index is 12.2. The minimum absolute atomic E-state index is 0.0173. The molecule has 0 spiro atoms. The van der Waals surface area contributed by atoms with Crippen LogP contribution in [0.4, 0.5) is 5.69 Å². The molecule has 2 rings (SSSR count). The topological polar surface area (TPSA) is 107 Å². The number of anilines is 1. The third-order valence-corrected chi connectivity index (χ3v) is 4.25. The Morgan fingerprint density at radius 1 is 1.48 bits per heavy atom. The number of nitrogens with zero attached hydrogens (tertiary/aromatic N) is 2. The molecule has 2 amide bonds. The monoisotopic (exact) mass is 307 g/mol. The van der Waals surface area contributed by atoms with Gasteiger partial charge in [0.1, 0.15) is 6.04 Å². The van der Waals surface area contributed by atoms with Gasteiger partial charge in [0.25, 0.3) is 0 Å². The highest BCUT2D eigenvalue weighted by atomic mass is 32.2. The van der Waals surface area contributed by atoms with Crippen molar-refractivity contribution in [1.82, 2.24) is 4.31 Å². The Labute approximate surface area is 122 Å². The minimum Gasteiger partial charge on any atom is -0.324 e. The van der Waals surface area contributed by atoms with E-state index in [1.807, 2.05) is 6.07 Å². The van der Waals surface area contributed by atoms with Crippen molar-refractivity contribution >= 4 is 27.5 Å². The first kappa shape index (κ1) is 15.0. The smallest absolute Gasteiger partial charge is 0.248 e. The molecule has 1 unspecified atom stereocenters. The summed E-state index contributed by atoms with van der Waals surface area (Å²) in [6, 6.07) is 7.13. The summed E-state index contributed by atoms with van der Waals surface area (Å²) in [5.74, 6) is -1.16. The number of carbonyl (C=O) groups excluding carboxylic acids is 2. The summed E-state index contributed by atoms with van der Waals surface area (Å²) in [5, 5.41) is 11.3. The molecule has 1 saturated heterocycles. The third-order valence-electron chi connectivity index (χ3n) is 3.08. The van der Waals surface area contributed by atoms with Gasteiger partial charge in [0.15, 0.2) is 0 Å². The standard InChI is InChI=1S/C13H13N3O4S/c1-21(19,20)16-11(5-6-12(16)17)13(18)15-10-4-2-3-9(7-10)8-14/h2-4,7,11H,5-6H2,1H3,(H,15,18). The predicted octanol–water partition coefficient (Wildman–Crippen LogP) is 0.447. The Bertz CT molecular complexity index is 736. The van der Waals surface area contributed by atoms with Crippen LogP contribution >= 0.6 is 0 Å². The van der Waals surface area contributed by atoms with Gasteiger partial charge in [-0.1, -0.05) is 6.07 Å². The molecule has 8 heteroatoms. The molecule has 1 aliphatic heterocycles. The van der Waals surface area contributed by atoms with Crippen LogP contribution in [-0.4, -0.2) is 36.8 Å². The molecule has 1 heterocycles. The fourth-order valence-corrected chi connectivity index (χ4v) is 3.33. The van der Waals surface area contributed by atoms with E-state index in [0.29, 0.717) is 15.6 Å². The van der Waals surface area contributed by atoms with Crippen LogP contribution in [0.5, 0.6) is 0 Å². The Kier molecular flexibility index (Phi) is 3.95. The number of nitrogens with one attached hydrogen (secondary N) is 1. The van der Waals surface area contributed by atoms with E-state index in [4.69, 9.17) is 5.26 Å². The van der Waals surface area contributed by atoms with Crippen molar-refractivity contribution in [2.45, 2.75) is 18.9 Å². The molecule has 1 aliphatic rings. The summed E-state index contributed by atoms with van der Waals surface area (Å²) >= 11 is 0. The van der Waals surface area contributed by atoms with Crippen LogP contribution in [0.3, 0.4) is 0 Å². The van der Waals surface area contributed by atoms with E-state index in [9.17, 15) is 18.0 Å². The number of benzene rings is 1. The normalized spacial score (nSPS) is 18.4. The molecule has 1 atom stereocenters. The summed E-state index contributed by atoms with van der Waals surface area (Å²) in [7, 11) is -3.78. The summed E-state index contributed by atoms with van der Waals surface area (Å²) in [4.78, 5) is 23.8. The van der Waals surface area contributed by atoms with Crippen LogP contribution in [0.1, 0.15) is 18.4 Å². The van der Waals surface area contributed by atoms with E-state index >= 15 is 0 Å². The number of rotatable bonds is 3. The van der Waals surface area contributed by atoms with Crippen LogP contribution in [-0.2, 0) is 19.6 Å². The predicted molar refractivity (Wildman–Crippen MR) is 74.5 cm³/mol. The molecule has 0 saturated carbocycles. The molecule has 0 radical (unpaired) electrons.